The highest BCUT2D eigenvalue weighted by Gasteiger charge is 2.65. The van der Waals surface area contributed by atoms with Crippen LogP contribution in [0.25, 0.3) is 0 Å². The van der Waals surface area contributed by atoms with Crippen LogP contribution in [0.1, 0.15) is 5.56 Å². The van der Waals surface area contributed by atoms with Crippen molar-refractivity contribution in [3.8, 4) is 0 Å². The van der Waals surface area contributed by atoms with Crippen LogP contribution in [-0.2, 0) is 0 Å². The molecule has 6 heteroatoms. The fraction of sp³-hybridized carbons (Fsp3) is 0. The first kappa shape index (κ1) is 10.3. The van der Waals surface area contributed by atoms with Crippen LogP contribution in [0.4, 0.5) is 19.4 Å². The minimum absolute atomic E-state index is 0.0919. The Labute approximate surface area is 72.1 Å². The Morgan fingerprint density at radius 1 is 1.00 bits per heavy atom. The van der Waals surface area contributed by atoms with Gasteiger partial charge in [-0.25, -0.2) is 0 Å². The Balaban J connectivity index is 3.41. The Hall–Kier alpha value is -0.780. The number of hydrogen-bond donors (Lipinski definition) is 0. The maximum atomic E-state index is 12.1. The molecule has 75 valence electrons. The highest BCUT2D eigenvalue weighted by molar-refractivity contribution is 8.45. The van der Waals surface area contributed by atoms with E-state index in [0.717, 1.165) is 6.07 Å². The van der Waals surface area contributed by atoms with Crippen LogP contribution in [0.2, 0.25) is 0 Å². The molecule has 0 aromatic heterocycles. The van der Waals surface area contributed by atoms with E-state index in [9.17, 15) is 19.4 Å². The summed E-state index contributed by atoms with van der Waals surface area (Å²) in [5.74, 6) is 0. The third-order valence-electron chi connectivity index (χ3n) is 1.34. The molecule has 0 spiro atoms. The van der Waals surface area contributed by atoms with Crippen LogP contribution in [0.5, 0.6) is 0 Å². The molecule has 0 saturated carbocycles. The van der Waals surface area contributed by atoms with Gasteiger partial charge in [-0.15, -0.1) is 0 Å². The first-order valence-corrected chi connectivity index (χ1v) is 5.10. The van der Waals surface area contributed by atoms with Crippen molar-refractivity contribution in [2.75, 3.05) is 0 Å². The summed E-state index contributed by atoms with van der Waals surface area (Å²) in [7, 11) is -9.50. The molecule has 0 amide bonds. The SMILES string of the molecule is [CH2]c1cccc(S(F)(F)(F)(F)F)c1. The van der Waals surface area contributed by atoms with Crippen molar-refractivity contribution in [2.24, 2.45) is 0 Å². The predicted octanol–water partition coefficient (Wildman–Crippen LogP) is 4.53. The van der Waals surface area contributed by atoms with Gasteiger partial charge in [-0.1, -0.05) is 31.6 Å². The highest BCUT2D eigenvalue weighted by Crippen LogP contribution is 3.02. The molecule has 0 saturated heterocycles. The summed E-state index contributed by atoms with van der Waals surface area (Å²) in [6, 6.07) is 2.79. The monoisotopic (exact) mass is 217 g/mol. The average Bonchev–Trinajstić information content (AvgIpc) is 1.82. The summed E-state index contributed by atoms with van der Waals surface area (Å²) in [4.78, 5) is -1.90. The summed E-state index contributed by atoms with van der Waals surface area (Å²) < 4.78 is 60.5. The summed E-state index contributed by atoms with van der Waals surface area (Å²) in [5.41, 5.74) is -0.0919. The van der Waals surface area contributed by atoms with Crippen LogP contribution < -0.4 is 0 Å². The van der Waals surface area contributed by atoms with E-state index in [4.69, 9.17) is 0 Å². The van der Waals surface area contributed by atoms with Gasteiger partial charge in [0.2, 0.25) is 0 Å². The van der Waals surface area contributed by atoms with Gasteiger partial charge in [-0.2, -0.15) is 0 Å². The minimum Gasteiger partial charge on any atom is -0.0936 e. The molecule has 1 aromatic rings. The highest BCUT2D eigenvalue weighted by atomic mass is 32.5. The van der Waals surface area contributed by atoms with E-state index < -0.39 is 15.1 Å². The zero-order valence-electron chi connectivity index (χ0n) is 6.31. The summed E-state index contributed by atoms with van der Waals surface area (Å²) >= 11 is 0. The molecule has 1 radical (unpaired) electrons. The van der Waals surface area contributed by atoms with Gasteiger partial charge in [0.05, 0.1) is 0 Å². The van der Waals surface area contributed by atoms with E-state index >= 15 is 0 Å². The average molecular weight is 217 g/mol. The van der Waals surface area contributed by atoms with Gasteiger partial charge in [0, 0.05) is 0 Å². The van der Waals surface area contributed by atoms with Gasteiger partial charge in [0.1, 0.15) is 4.90 Å². The van der Waals surface area contributed by atoms with Gasteiger partial charge in [0.15, 0.2) is 0 Å². The smallest absolute Gasteiger partial charge is 0.0936 e. The molecule has 1 aromatic carbocycles. The Morgan fingerprint density at radius 2 is 1.54 bits per heavy atom. The zero-order chi connectivity index (χ0) is 10.4. The number of benzene rings is 1. The molecular formula is C7H6F5S. The lowest BCUT2D eigenvalue weighted by Crippen LogP contribution is -2.05. The quantitative estimate of drug-likeness (QED) is 0.606. The van der Waals surface area contributed by atoms with Gasteiger partial charge < -0.3 is 0 Å². The lowest BCUT2D eigenvalue weighted by Gasteiger charge is -2.40. The van der Waals surface area contributed by atoms with Crippen molar-refractivity contribution in [1.82, 2.24) is 0 Å². The summed E-state index contributed by atoms with van der Waals surface area (Å²) in [5, 5.41) is 0. The van der Waals surface area contributed by atoms with Crippen molar-refractivity contribution in [2.45, 2.75) is 4.90 Å². The zero-order valence-corrected chi connectivity index (χ0v) is 7.13. The van der Waals surface area contributed by atoms with Crippen molar-refractivity contribution >= 4 is 10.2 Å². The second kappa shape index (κ2) is 2.00. The van der Waals surface area contributed by atoms with Crippen molar-refractivity contribution in [3.05, 3.63) is 36.8 Å². The molecule has 0 nitrogen and oxygen atoms in total. The Bertz CT molecular complexity index is 338. The van der Waals surface area contributed by atoms with E-state index in [1.807, 2.05) is 0 Å². The molecule has 0 aliphatic carbocycles. The molecule has 0 N–H and O–H groups in total. The standard InChI is InChI=1S/C7H6F5S/c1-6-3-2-4-7(5-6)13(8,9,10,11)12/h2-5H,1H2. The Kier molecular flexibility index (Phi) is 1.58. The second-order valence-corrected chi connectivity index (χ2v) is 5.03. The van der Waals surface area contributed by atoms with E-state index in [1.54, 1.807) is 0 Å². The van der Waals surface area contributed by atoms with E-state index in [2.05, 4.69) is 6.92 Å². The molecule has 0 unspecified atom stereocenters. The first-order valence-electron chi connectivity index (χ1n) is 3.15. The van der Waals surface area contributed by atoms with Crippen LogP contribution in [0.3, 0.4) is 0 Å². The lowest BCUT2D eigenvalue weighted by atomic mass is 10.2. The molecule has 0 heterocycles. The number of hydrogen-bond acceptors (Lipinski definition) is 0. The molecular weight excluding hydrogens is 211 g/mol. The maximum Gasteiger partial charge on any atom is 0.310 e. The van der Waals surface area contributed by atoms with Crippen LogP contribution in [-0.4, -0.2) is 0 Å². The molecule has 0 aliphatic heterocycles. The normalized spacial score (nSPS) is 17.7. The first-order chi connectivity index (χ1) is 5.49. The number of halogens is 5. The molecule has 13 heavy (non-hydrogen) atoms. The van der Waals surface area contributed by atoms with E-state index in [0.29, 0.717) is 12.1 Å². The molecule has 0 bridgehead atoms. The number of rotatable bonds is 1. The van der Waals surface area contributed by atoms with E-state index in [-0.39, 0.29) is 5.56 Å². The van der Waals surface area contributed by atoms with Crippen molar-refractivity contribution < 1.29 is 19.4 Å². The third kappa shape index (κ3) is 2.58. The predicted molar refractivity (Wildman–Crippen MR) is 42.3 cm³/mol. The molecule has 0 atom stereocenters. The van der Waals surface area contributed by atoms with Gasteiger partial charge in [-0.3, -0.25) is 0 Å². The largest absolute Gasteiger partial charge is 0.310 e. The van der Waals surface area contributed by atoms with Gasteiger partial charge in [0.25, 0.3) is 0 Å². The fourth-order valence-electron chi connectivity index (χ4n) is 0.785. The third-order valence-corrected chi connectivity index (χ3v) is 2.49. The minimum atomic E-state index is -9.50. The van der Waals surface area contributed by atoms with Gasteiger partial charge in [-0.05, 0) is 24.6 Å². The van der Waals surface area contributed by atoms with E-state index in [1.165, 1.54) is 6.07 Å². The molecule has 0 fully saturated rings. The molecule has 1 rings (SSSR count). The van der Waals surface area contributed by atoms with Crippen molar-refractivity contribution in [1.29, 1.82) is 0 Å². The fourth-order valence-corrected chi connectivity index (χ4v) is 1.50. The van der Waals surface area contributed by atoms with Gasteiger partial charge >= 0.3 is 10.2 Å². The van der Waals surface area contributed by atoms with Crippen molar-refractivity contribution in [3.63, 3.8) is 0 Å². The summed E-state index contributed by atoms with van der Waals surface area (Å²) in [6.45, 7) is 3.14. The lowest BCUT2D eigenvalue weighted by molar-refractivity contribution is 0.364. The second-order valence-electron chi connectivity index (χ2n) is 2.62. The van der Waals surface area contributed by atoms with Crippen LogP contribution in [0.15, 0.2) is 29.2 Å². The van der Waals surface area contributed by atoms with Crippen LogP contribution >= 0.6 is 10.2 Å². The maximum absolute atomic E-state index is 12.1. The van der Waals surface area contributed by atoms with Crippen LogP contribution in [0, 0.1) is 6.92 Å². The summed E-state index contributed by atoms with van der Waals surface area (Å²) in [6.07, 6.45) is 0. The molecule has 0 aliphatic rings. The Morgan fingerprint density at radius 3 is 1.85 bits per heavy atom. The topological polar surface area (TPSA) is 0 Å².